The van der Waals surface area contributed by atoms with Gasteiger partial charge in [0.25, 0.3) is 0 Å². The van der Waals surface area contributed by atoms with E-state index in [9.17, 15) is 22.4 Å². The summed E-state index contributed by atoms with van der Waals surface area (Å²) in [6.45, 7) is 3.29. The van der Waals surface area contributed by atoms with Crippen molar-refractivity contribution in [1.29, 1.82) is 0 Å². The Morgan fingerprint density at radius 1 is 0.919 bits per heavy atom. The van der Waals surface area contributed by atoms with Crippen LogP contribution < -0.4 is 10.2 Å². The predicted molar refractivity (Wildman–Crippen MR) is 138 cm³/mol. The Kier molecular flexibility index (Phi) is 8.82. The molecule has 4 nitrogen and oxygen atoms in total. The minimum Gasteiger partial charge on any atom is -0.308 e. The van der Waals surface area contributed by atoms with E-state index in [0.29, 0.717) is 18.2 Å². The van der Waals surface area contributed by atoms with Gasteiger partial charge in [0.15, 0.2) is 0 Å². The molecule has 0 bridgehead atoms. The van der Waals surface area contributed by atoms with Gasteiger partial charge in [0.05, 0.1) is 5.56 Å². The largest absolute Gasteiger partial charge is 0.416 e. The van der Waals surface area contributed by atoms with Crippen molar-refractivity contribution in [1.82, 2.24) is 4.90 Å². The molecule has 1 heterocycles. The molecule has 2 amide bonds. The van der Waals surface area contributed by atoms with E-state index in [1.165, 1.54) is 24.3 Å². The van der Waals surface area contributed by atoms with Crippen LogP contribution in [0.25, 0.3) is 0 Å². The zero-order chi connectivity index (χ0) is 26.3. The first-order valence-corrected chi connectivity index (χ1v) is 12.6. The molecule has 8 heteroatoms. The molecule has 0 unspecified atom stereocenters. The molecule has 1 fully saturated rings. The van der Waals surface area contributed by atoms with Gasteiger partial charge in [0.1, 0.15) is 5.82 Å². The Morgan fingerprint density at radius 2 is 1.57 bits per heavy atom. The molecule has 1 N–H and O–H groups in total. The first kappa shape index (κ1) is 26.7. The lowest BCUT2D eigenvalue weighted by Gasteiger charge is -2.32. The van der Waals surface area contributed by atoms with Crippen LogP contribution in [0.15, 0.2) is 78.9 Å². The summed E-state index contributed by atoms with van der Waals surface area (Å²) in [5.41, 5.74) is 1.44. The van der Waals surface area contributed by atoms with Crippen molar-refractivity contribution in [3.05, 3.63) is 95.8 Å². The summed E-state index contributed by atoms with van der Waals surface area (Å²) in [7, 11) is 0. The van der Waals surface area contributed by atoms with Gasteiger partial charge in [-0.2, -0.15) is 13.2 Å². The molecule has 3 aromatic carbocycles. The van der Waals surface area contributed by atoms with Crippen molar-refractivity contribution in [2.24, 2.45) is 5.92 Å². The van der Waals surface area contributed by atoms with Gasteiger partial charge in [-0.25, -0.2) is 9.18 Å². The van der Waals surface area contributed by atoms with Crippen LogP contribution in [0, 0.1) is 11.7 Å². The number of carbonyl (C=O) groups excluding carboxylic acids is 1. The summed E-state index contributed by atoms with van der Waals surface area (Å²) < 4.78 is 51.7. The van der Waals surface area contributed by atoms with Crippen LogP contribution in [0.2, 0.25) is 0 Å². The summed E-state index contributed by atoms with van der Waals surface area (Å²) in [5, 5.41) is 2.72. The quantitative estimate of drug-likeness (QED) is 0.323. The minimum atomic E-state index is -4.42. The number of halogens is 4. The van der Waals surface area contributed by atoms with E-state index < -0.39 is 11.7 Å². The van der Waals surface area contributed by atoms with Gasteiger partial charge in [0, 0.05) is 17.9 Å². The standard InChI is InChI=1S/C29H31F4N3O/c30-25-11-7-22(8-12-25)21-23-15-19-35(20-16-23)17-4-18-36(27-5-2-1-3-6-27)28(37)34-26-13-9-24(10-14-26)29(31,32)33/h1-3,5-14,23H,4,15-21H2,(H,34,37). The number of alkyl halides is 3. The van der Waals surface area contributed by atoms with E-state index in [0.717, 1.165) is 68.7 Å². The van der Waals surface area contributed by atoms with E-state index in [1.807, 2.05) is 42.5 Å². The van der Waals surface area contributed by atoms with Gasteiger partial charge in [-0.15, -0.1) is 0 Å². The smallest absolute Gasteiger partial charge is 0.308 e. The number of piperidine rings is 1. The average Bonchev–Trinajstić information content (AvgIpc) is 2.89. The number of hydrogen-bond acceptors (Lipinski definition) is 2. The van der Waals surface area contributed by atoms with Crippen molar-refractivity contribution in [3.63, 3.8) is 0 Å². The second-order valence-electron chi connectivity index (χ2n) is 9.46. The van der Waals surface area contributed by atoms with Crippen LogP contribution in [0.5, 0.6) is 0 Å². The number of anilines is 2. The van der Waals surface area contributed by atoms with Crippen LogP contribution in [0.4, 0.5) is 33.7 Å². The maximum Gasteiger partial charge on any atom is 0.416 e. The number of urea groups is 1. The number of carbonyl (C=O) groups is 1. The summed E-state index contributed by atoms with van der Waals surface area (Å²) in [6.07, 6.45) is -0.547. The Hall–Kier alpha value is -3.39. The van der Waals surface area contributed by atoms with Crippen molar-refractivity contribution in [2.45, 2.75) is 31.9 Å². The van der Waals surface area contributed by atoms with Crippen molar-refractivity contribution >= 4 is 17.4 Å². The molecule has 0 aliphatic carbocycles. The highest BCUT2D eigenvalue weighted by atomic mass is 19.4. The van der Waals surface area contributed by atoms with Crippen LogP contribution in [-0.4, -0.2) is 37.1 Å². The molecule has 0 atom stereocenters. The maximum absolute atomic E-state index is 13.1. The van der Waals surface area contributed by atoms with Crippen molar-refractivity contribution < 1.29 is 22.4 Å². The molecule has 3 aromatic rings. The molecule has 1 aliphatic rings. The molecule has 37 heavy (non-hydrogen) atoms. The molecule has 1 aliphatic heterocycles. The van der Waals surface area contributed by atoms with Gasteiger partial charge in [-0.1, -0.05) is 30.3 Å². The van der Waals surface area contributed by atoms with E-state index >= 15 is 0 Å². The van der Waals surface area contributed by atoms with E-state index in [4.69, 9.17) is 0 Å². The number of nitrogens with zero attached hydrogens (tertiary/aromatic N) is 2. The molecular weight excluding hydrogens is 482 g/mol. The number of hydrogen-bond donors (Lipinski definition) is 1. The molecule has 0 radical (unpaired) electrons. The third kappa shape index (κ3) is 7.79. The van der Waals surface area contributed by atoms with E-state index in [2.05, 4.69) is 10.2 Å². The van der Waals surface area contributed by atoms with Crippen LogP contribution in [-0.2, 0) is 12.6 Å². The van der Waals surface area contributed by atoms with E-state index in [1.54, 1.807) is 4.90 Å². The molecule has 0 aromatic heterocycles. The van der Waals surface area contributed by atoms with E-state index in [-0.39, 0.29) is 11.8 Å². The normalized spacial score (nSPS) is 14.9. The monoisotopic (exact) mass is 513 g/mol. The van der Waals surface area contributed by atoms with Gasteiger partial charge in [-0.3, -0.25) is 4.90 Å². The topological polar surface area (TPSA) is 35.6 Å². The lowest BCUT2D eigenvalue weighted by molar-refractivity contribution is -0.137. The zero-order valence-corrected chi connectivity index (χ0v) is 20.6. The fourth-order valence-corrected chi connectivity index (χ4v) is 4.71. The third-order valence-corrected chi connectivity index (χ3v) is 6.78. The second kappa shape index (κ2) is 12.2. The van der Waals surface area contributed by atoms with Crippen LogP contribution in [0.1, 0.15) is 30.4 Å². The fraction of sp³-hybridized carbons (Fsp3) is 0.345. The number of likely N-dealkylation sites (tertiary alicyclic amines) is 1. The third-order valence-electron chi connectivity index (χ3n) is 6.78. The second-order valence-corrected chi connectivity index (χ2v) is 9.46. The Balaban J connectivity index is 1.28. The highest BCUT2D eigenvalue weighted by Gasteiger charge is 2.30. The fourth-order valence-electron chi connectivity index (χ4n) is 4.71. The SMILES string of the molecule is O=C(Nc1ccc(C(F)(F)F)cc1)N(CCCN1CCC(Cc2ccc(F)cc2)CC1)c1ccccc1. The molecular formula is C29H31F4N3O. The maximum atomic E-state index is 13.1. The lowest BCUT2D eigenvalue weighted by Crippen LogP contribution is -2.39. The summed E-state index contributed by atoms with van der Waals surface area (Å²) >= 11 is 0. The Morgan fingerprint density at radius 3 is 2.19 bits per heavy atom. The lowest BCUT2D eigenvalue weighted by atomic mass is 9.90. The summed E-state index contributed by atoms with van der Waals surface area (Å²) in [6, 6.07) is 20.0. The first-order chi connectivity index (χ1) is 17.8. The highest BCUT2D eigenvalue weighted by molar-refractivity contribution is 6.01. The van der Waals surface area contributed by atoms with Crippen LogP contribution >= 0.6 is 0 Å². The number of para-hydroxylation sites is 1. The van der Waals surface area contributed by atoms with Gasteiger partial charge in [0.2, 0.25) is 0 Å². The molecule has 4 rings (SSSR count). The number of nitrogens with one attached hydrogen (secondary N) is 1. The van der Waals surface area contributed by atoms with Crippen molar-refractivity contribution in [2.75, 3.05) is 36.4 Å². The molecule has 0 spiro atoms. The van der Waals surface area contributed by atoms with Crippen molar-refractivity contribution in [3.8, 4) is 0 Å². The zero-order valence-electron chi connectivity index (χ0n) is 20.6. The Bertz CT molecular complexity index is 1130. The Labute approximate surface area is 214 Å². The van der Waals surface area contributed by atoms with Gasteiger partial charge in [-0.05, 0) is 105 Å². The number of rotatable bonds is 8. The molecule has 0 saturated carbocycles. The average molecular weight is 514 g/mol. The number of amides is 2. The summed E-state index contributed by atoms with van der Waals surface area (Å²) in [5.74, 6) is 0.369. The first-order valence-electron chi connectivity index (χ1n) is 12.6. The van der Waals surface area contributed by atoms with Crippen LogP contribution in [0.3, 0.4) is 0 Å². The predicted octanol–water partition coefficient (Wildman–Crippen LogP) is 7.23. The van der Waals surface area contributed by atoms with Gasteiger partial charge < -0.3 is 10.2 Å². The number of benzene rings is 3. The summed E-state index contributed by atoms with van der Waals surface area (Å²) in [4.78, 5) is 17.1. The molecule has 1 saturated heterocycles. The highest BCUT2D eigenvalue weighted by Crippen LogP contribution is 2.30. The van der Waals surface area contributed by atoms with Gasteiger partial charge >= 0.3 is 12.2 Å². The minimum absolute atomic E-state index is 0.212. The molecule has 196 valence electrons.